The van der Waals surface area contributed by atoms with Crippen LogP contribution in [-0.2, 0) is 4.79 Å². The van der Waals surface area contributed by atoms with Crippen molar-refractivity contribution in [3.05, 3.63) is 0 Å². The van der Waals surface area contributed by atoms with Gasteiger partial charge < -0.3 is 5.11 Å². The fourth-order valence-corrected chi connectivity index (χ4v) is 2.85. The van der Waals surface area contributed by atoms with Crippen molar-refractivity contribution in [3.8, 4) is 0 Å². The number of hydrogen-bond acceptors (Lipinski definition) is 6. The summed E-state index contributed by atoms with van der Waals surface area (Å²) in [5.41, 5.74) is 0.855. The summed E-state index contributed by atoms with van der Waals surface area (Å²) < 4.78 is 1.86. The van der Waals surface area contributed by atoms with Crippen LogP contribution >= 0.6 is 0 Å². The fraction of sp³-hybridized carbons (Fsp3) is 0.615. The first-order valence-corrected chi connectivity index (χ1v) is 7.15. The summed E-state index contributed by atoms with van der Waals surface area (Å²) in [6, 6.07) is -0.982. The van der Waals surface area contributed by atoms with Gasteiger partial charge in [0.2, 0.25) is 11.9 Å². The Morgan fingerprint density at radius 1 is 1.32 bits per heavy atom. The van der Waals surface area contributed by atoms with Gasteiger partial charge in [0.05, 0.1) is 12.3 Å². The predicted molar refractivity (Wildman–Crippen MR) is 78.8 cm³/mol. The first kappa shape index (κ1) is 14.6. The number of amides is 3. The van der Waals surface area contributed by atoms with Crippen LogP contribution in [0.3, 0.4) is 0 Å². The number of carbonyl (C=O) groups is 2. The maximum atomic E-state index is 12.5. The third-order valence-electron chi connectivity index (χ3n) is 3.96. The van der Waals surface area contributed by atoms with E-state index in [2.05, 4.69) is 10.1 Å². The number of rotatable bonds is 3. The molecule has 0 aliphatic carbocycles. The highest BCUT2D eigenvalue weighted by Gasteiger charge is 2.53. The van der Waals surface area contributed by atoms with Crippen LogP contribution in [-0.4, -0.2) is 93.8 Å². The van der Waals surface area contributed by atoms with Crippen molar-refractivity contribution in [1.82, 2.24) is 14.8 Å². The van der Waals surface area contributed by atoms with Crippen LogP contribution in [0.5, 0.6) is 0 Å². The molecule has 3 heterocycles. The Labute approximate surface area is 127 Å². The lowest BCUT2D eigenvalue weighted by atomic mass is 10.1. The second kappa shape index (κ2) is 5.16. The number of aliphatic hydroxyl groups excluding tert-OH is 1. The lowest BCUT2D eigenvalue weighted by molar-refractivity contribution is -0.527. The zero-order valence-corrected chi connectivity index (χ0v) is 12.9. The van der Waals surface area contributed by atoms with Gasteiger partial charge in [-0.1, -0.05) is 4.99 Å². The van der Waals surface area contributed by atoms with E-state index in [1.54, 1.807) is 12.1 Å². The Morgan fingerprint density at radius 2 is 2.05 bits per heavy atom. The van der Waals surface area contributed by atoms with Crippen LogP contribution in [0.25, 0.3) is 0 Å². The molecule has 0 radical (unpaired) electrons. The molecule has 3 rings (SSSR count). The minimum Gasteiger partial charge on any atom is -0.396 e. The average molecular weight is 307 g/mol. The summed E-state index contributed by atoms with van der Waals surface area (Å²) in [5, 5.41) is 15.1. The Morgan fingerprint density at radius 3 is 2.73 bits per heavy atom. The highest BCUT2D eigenvalue weighted by molar-refractivity contribution is 6.23. The quantitative estimate of drug-likeness (QED) is 0.658. The maximum Gasteiger partial charge on any atom is 0.416 e. The molecule has 3 aliphatic rings. The molecular formula is C13H19N6O3+. The molecule has 3 aliphatic heterocycles. The van der Waals surface area contributed by atoms with Crippen molar-refractivity contribution in [2.45, 2.75) is 19.4 Å². The lowest BCUT2D eigenvalue weighted by Gasteiger charge is -2.32. The molecule has 22 heavy (non-hydrogen) atoms. The molecule has 9 nitrogen and oxygen atoms in total. The van der Waals surface area contributed by atoms with E-state index in [-0.39, 0.29) is 18.5 Å². The van der Waals surface area contributed by atoms with Crippen LogP contribution < -0.4 is 0 Å². The zero-order chi connectivity index (χ0) is 16.0. The average Bonchev–Trinajstić information content (AvgIpc) is 2.87. The number of imide groups is 1. The van der Waals surface area contributed by atoms with E-state index in [4.69, 9.17) is 5.11 Å². The monoisotopic (exact) mass is 307 g/mol. The fourth-order valence-electron chi connectivity index (χ4n) is 2.85. The number of hydrogen-bond donors (Lipinski definition) is 1. The van der Waals surface area contributed by atoms with Gasteiger partial charge in [0.25, 0.3) is 5.91 Å². The minimum atomic E-state index is -0.593. The molecule has 0 spiro atoms. The molecule has 1 fully saturated rings. The summed E-state index contributed by atoms with van der Waals surface area (Å²) >= 11 is 0. The van der Waals surface area contributed by atoms with E-state index in [1.807, 2.05) is 11.5 Å². The SMILES string of the molecule is CC1=NN(CCCO)C2=[N+](C1)C1C(=O)N(C)C(=O)N(C)C1=N2. The van der Waals surface area contributed by atoms with Gasteiger partial charge in [-0.25, -0.2) is 9.37 Å². The molecule has 1 saturated heterocycles. The predicted octanol–water partition coefficient (Wildman–Crippen LogP) is -1.27. The minimum absolute atomic E-state index is 0.0540. The number of carbonyl (C=O) groups excluding carboxylic acids is 2. The van der Waals surface area contributed by atoms with Gasteiger partial charge in [0, 0.05) is 27.1 Å². The summed E-state index contributed by atoms with van der Waals surface area (Å²) in [7, 11) is 3.09. The molecule has 1 unspecified atom stereocenters. The van der Waals surface area contributed by atoms with Gasteiger partial charge in [-0.3, -0.25) is 14.6 Å². The smallest absolute Gasteiger partial charge is 0.396 e. The second-order valence-electron chi connectivity index (χ2n) is 5.57. The highest BCUT2D eigenvalue weighted by atomic mass is 16.3. The molecule has 0 saturated carbocycles. The molecule has 1 N–H and O–H groups in total. The van der Waals surface area contributed by atoms with Gasteiger partial charge in [-0.05, 0) is 6.92 Å². The molecule has 118 valence electrons. The first-order chi connectivity index (χ1) is 10.5. The van der Waals surface area contributed by atoms with Crippen molar-refractivity contribution in [2.24, 2.45) is 10.1 Å². The largest absolute Gasteiger partial charge is 0.416 e. The highest BCUT2D eigenvalue weighted by Crippen LogP contribution is 2.22. The standard InChI is InChI=1S/C13H19N6O3/c1-8-7-18-9-10(16(2)13(22)17(3)11(9)21)14-12(18)19(15-8)5-4-6-20/h9,20H,4-7H2,1-3H3/q+1. The summed E-state index contributed by atoms with van der Waals surface area (Å²) in [4.78, 5) is 31.5. The van der Waals surface area contributed by atoms with Crippen LogP contribution in [0.1, 0.15) is 13.3 Å². The number of amidine groups is 1. The first-order valence-electron chi connectivity index (χ1n) is 7.15. The maximum absolute atomic E-state index is 12.5. The van der Waals surface area contributed by atoms with E-state index in [0.29, 0.717) is 31.3 Å². The van der Waals surface area contributed by atoms with Crippen molar-refractivity contribution in [1.29, 1.82) is 0 Å². The van der Waals surface area contributed by atoms with Crippen molar-refractivity contribution < 1.29 is 19.3 Å². The van der Waals surface area contributed by atoms with Crippen LogP contribution in [0, 0.1) is 0 Å². The molecule has 0 aromatic rings. The number of aliphatic imine (C=N–C) groups is 1. The van der Waals surface area contributed by atoms with Gasteiger partial charge in [-0.2, -0.15) is 0 Å². The van der Waals surface area contributed by atoms with Crippen LogP contribution in [0.15, 0.2) is 10.1 Å². The lowest BCUT2D eigenvalue weighted by Crippen LogP contribution is -2.62. The van der Waals surface area contributed by atoms with Gasteiger partial charge in [0.15, 0.2) is 0 Å². The van der Waals surface area contributed by atoms with Gasteiger partial charge in [0.1, 0.15) is 6.54 Å². The van der Waals surface area contributed by atoms with E-state index in [1.165, 1.54) is 11.9 Å². The van der Waals surface area contributed by atoms with Crippen molar-refractivity contribution >= 4 is 29.4 Å². The number of fused-ring (bicyclic) bond motifs is 2. The van der Waals surface area contributed by atoms with E-state index >= 15 is 0 Å². The van der Waals surface area contributed by atoms with E-state index < -0.39 is 6.04 Å². The van der Waals surface area contributed by atoms with Crippen molar-refractivity contribution in [3.63, 3.8) is 0 Å². The summed E-state index contributed by atoms with van der Waals surface area (Å²) in [6.07, 6.45) is 0.548. The third-order valence-corrected chi connectivity index (χ3v) is 3.96. The number of aliphatic hydroxyl groups is 1. The molecule has 1 atom stereocenters. The molecular weight excluding hydrogens is 288 g/mol. The van der Waals surface area contributed by atoms with Crippen LogP contribution in [0.2, 0.25) is 0 Å². The van der Waals surface area contributed by atoms with E-state index in [0.717, 1.165) is 10.6 Å². The number of nitrogens with zero attached hydrogens (tertiary/aromatic N) is 6. The number of likely N-dealkylation sites (N-methyl/N-ethyl adjacent to an activating group) is 2. The zero-order valence-electron chi connectivity index (χ0n) is 12.9. The number of urea groups is 1. The Kier molecular flexibility index (Phi) is 3.44. The third kappa shape index (κ3) is 2.00. The Hall–Kier alpha value is -2.29. The van der Waals surface area contributed by atoms with Gasteiger partial charge in [-0.15, -0.1) is 10.1 Å². The second-order valence-corrected chi connectivity index (χ2v) is 5.57. The van der Waals surface area contributed by atoms with Gasteiger partial charge >= 0.3 is 12.0 Å². The number of guanidine groups is 1. The molecule has 0 aromatic heterocycles. The molecule has 0 bridgehead atoms. The van der Waals surface area contributed by atoms with Crippen LogP contribution in [0.4, 0.5) is 4.79 Å². The molecule has 9 heteroatoms. The Balaban J connectivity index is 1.99. The topological polar surface area (TPSA) is 91.8 Å². The van der Waals surface area contributed by atoms with Crippen molar-refractivity contribution in [2.75, 3.05) is 33.8 Å². The normalized spacial score (nSPS) is 24.5. The number of hydrazone groups is 1. The Bertz CT molecular complexity index is 638. The summed E-state index contributed by atoms with van der Waals surface area (Å²) in [6.45, 7) is 2.93. The summed E-state index contributed by atoms with van der Waals surface area (Å²) in [5.74, 6) is 0.706. The molecule has 0 aromatic carbocycles. The van der Waals surface area contributed by atoms with E-state index in [9.17, 15) is 9.59 Å². The molecule has 3 amide bonds.